The standard InChI is InChI=1S/C21H28N6O/c1-3-26(4-2)16-8-15-22-17-18-11-13-20(14-12-18)28-21-23-24-25-27(21)19-9-6-5-7-10-19/h5-7,9-14,22H,3-4,8,15-17H2,1-2H3. The molecule has 0 saturated carbocycles. The normalized spacial score (nSPS) is 11.1. The summed E-state index contributed by atoms with van der Waals surface area (Å²) in [6.07, 6.45) is 1.16. The quantitative estimate of drug-likeness (QED) is 0.515. The van der Waals surface area contributed by atoms with Gasteiger partial charge in [-0.15, -0.1) is 0 Å². The molecule has 1 N–H and O–H groups in total. The van der Waals surface area contributed by atoms with Gasteiger partial charge >= 0.3 is 6.01 Å². The molecule has 148 valence electrons. The van der Waals surface area contributed by atoms with Gasteiger partial charge in [-0.3, -0.25) is 0 Å². The molecule has 0 fully saturated rings. The van der Waals surface area contributed by atoms with Crippen molar-refractivity contribution in [3.8, 4) is 17.4 Å². The summed E-state index contributed by atoms with van der Waals surface area (Å²) >= 11 is 0. The van der Waals surface area contributed by atoms with Crippen molar-refractivity contribution in [2.75, 3.05) is 26.2 Å². The Morgan fingerprint density at radius 1 is 1.00 bits per heavy atom. The van der Waals surface area contributed by atoms with Crippen LogP contribution in [0.15, 0.2) is 54.6 Å². The summed E-state index contributed by atoms with van der Waals surface area (Å²) in [4.78, 5) is 2.44. The number of benzene rings is 2. The number of rotatable bonds is 11. The zero-order chi connectivity index (χ0) is 19.6. The van der Waals surface area contributed by atoms with Crippen LogP contribution in [-0.2, 0) is 6.54 Å². The van der Waals surface area contributed by atoms with E-state index in [2.05, 4.69) is 51.7 Å². The van der Waals surface area contributed by atoms with Gasteiger partial charge in [0.2, 0.25) is 0 Å². The van der Waals surface area contributed by atoms with Crippen molar-refractivity contribution < 1.29 is 4.74 Å². The first-order valence-corrected chi connectivity index (χ1v) is 9.83. The molecule has 0 unspecified atom stereocenters. The predicted molar refractivity (Wildman–Crippen MR) is 110 cm³/mol. The molecule has 0 amide bonds. The van der Waals surface area contributed by atoms with Gasteiger partial charge in [0.15, 0.2) is 0 Å². The number of nitrogens with zero attached hydrogens (tertiary/aromatic N) is 5. The van der Waals surface area contributed by atoms with Crippen molar-refractivity contribution >= 4 is 0 Å². The fraction of sp³-hybridized carbons (Fsp3) is 0.381. The van der Waals surface area contributed by atoms with Crippen LogP contribution in [0.3, 0.4) is 0 Å². The summed E-state index contributed by atoms with van der Waals surface area (Å²) in [5, 5.41) is 15.2. The topological polar surface area (TPSA) is 68.1 Å². The van der Waals surface area contributed by atoms with Crippen LogP contribution in [0.5, 0.6) is 11.8 Å². The molecular formula is C21H28N6O. The molecule has 3 aromatic rings. The summed E-state index contributed by atoms with van der Waals surface area (Å²) in [5.41, 5.74) is 2.07. The second kappa shape index (κ2) is 10.5. The number of hydrogen-bond acceptors (Lipinski definition) is 6. The van der Waals surface area contributed by atoms with Gasteiger partial charge in [0.05, 0.1) is 5.69 Å². The highest BCUT2D eigenvalue weighted by Gasteiger charge is 2.10. The van der Waals surface area contributed by atoms with E-state index in [1.807, 2.05) is 42.5 Å². The summed E-state index contributed by atoms with van der Waals surface area (Å²) in [6.45, 7) is 9.65. The lowest BCUT2D eigenvalue weighted by Crippen LogP contribution is -2.27. The molecule has 7 heteroatoms. The van der Waals surface area contributed by atoms with E-state index >= 15 is 0 Å². The van der Waals surface area contributed by atoms with Gasteiger partial charge in [-0.05, 0) is 72.9 Å². The third kappa shape index (κ3) is 5.61. The van der Waals surface area contributed by atoms with Crippen molar-refractivity contribution in [2.24, 2.45) is 0 Å². The average molecular weight is 380 g/mol. The van der Waals surface area contributed by atoms with Crippen LogP contribution in [-0.4, -0.2) is 51.3 Å². The van der Waals surface area contributed by atoms with E-state index in [9.17, 15) is 0 Å². The maximum absolute atomic E-state index is 5.85. The maximum atomic E-state index is 5.85. The first-order valence-electron chi connectivity index (χ1n) is 9.83. The predicted octanol–water partition coefficient (Wildman–Crippen LogP) is 3.28. The molecule has 3 rings (SSSR count). The molecule has 2 aromatic carbocycles. The monoisotopic (exact) mass is 380 g/mol. The maximum Gasteiger partial charge on any atom is 0.345 e. The highest BCUT2D eigenvalue weighted by atomic mass is 16.5. The fourth-order valence-corrected chi connectivity index (χ4v) is 2.95. The summed E-state index contributed by atoms with van der Waals surface area (Å²) < 4.78 is 7.43. The van der Waals surface area contributed by atoms with Crippen LogP contribution in [0.1, 0.15) is 25.8 Å². The largest absolute Gasteiger partial charge is 0.423 e. The third-order valence-corrected chi connectivity index (χ3v) is 4.63. The van der Waals surface area contributed by atoms with Gasteiger partial charge < -0.3 is 15.0 Å². The van der Waals surface area contributed by atoms with Crippen LogP contribution in [0.2, 0.25) is 0 Å². The molecule has 0 saturated heterocycles. The van der Waals surface area contributed by atoms with Gasteiger partial charge in [0.25, 0.3) is 0 Å². The number of nitrogens with one attached hydrogen (secondary N) is 1. The van der Waals surface area contributed by atoms with Gasteiger partial charge in [-0.1, -0.05) is 49.3 Å². The van der Waals surface area contributed by atoms with Crippen molar-refractivity contribution in [3.63, 3.8) is 0 Å². The van der Waals surface area contributed by atoms with E-state index in [-0.39, 0.29) is 0 Å². The molecule has 7 nitrogen and oxygen atoms in total. The average Bonchev–Trinajstić information content (AvgIpc) is 3.21. The molecule has 0 aliphatic heterocycles. The number of para-hydroxylation sites is 1. The molecule has 1 aromatic heterocycles. The number of aromatic nitrogens is 4. The minimum absolute atomic E-state index is 0.341. The van der Waals surface area contributed by atoms with E-state index in [1.165, 1.54) is 5.56 Å². The molecular weight excluding hydrogens is 352 g/mol. The van der Waals surface area contributed by atoms with Gasteiger partial charge in [-0.25, -0.2) is 0 Å². The Hall–Kier alpha value is -2.77. The van der Waals surface area contributed by atoms with Gasteiger partial charge in [-0.2, -0.15) is 4.68 Å². The lowest BCUT2D eigenvalue weighted by molar-refractivity contribution is 0.298. The Bertz CT molecular complexity index is 814. The Kier molecular flexibility index (Phi) is 7.52. The smallest absolute Gasteiger partial charge is 0.345 e. The molecule has 0 radical (unpaired) electrons. The number of ether oxygens (including phenoxy) is 1. The van der Waals surface area contributed by atoms with E-state index < -0.39 is 0 Å². The van der Waals surface area contributed by atoms with E-state index in [1.54, 1.807) is 4.68 Å². The highest BCUT2D eigenvalue weighted by molar-refractivity contribution is 5.34. The van der Waals surface area contributed by atoms with Crippen LogP contribution in [0, 0.1) is 0 Å². The summed E-state index contributed by atoms with van der Waals surface area (Å²) in [7, 11) is 0. The van der Waals surface area contributed by atoms with E-state index in [0.29, 0.717) is 11.8 Å². The van der Waals surface area contributed by atoms with E-state index in [0.717, 1.165) is 44.8 Å². The second-order valence-electron chi connectivity index (χ2n) is 6.51. The highest BCUT2D eigenvalue weighted by Crippen LogP contribution is 2.21. The molecule has 0 spiro atoms. The molecule has 0 atom stereocenters. The van der Waals surface area contributed by atoms with Crippen molar-refractivity contribution in [1.29, 1.82) is 0 Å². The number of tetrazole rings is 1. The van der Waals surface area contributed by atoms with Crippen LogP contribution < -0.4 is 10.1 Å². The first kappa shape index (κ1) is 20.0. The van der Waals surface area contributed by atoms with Crippen molar-refractivity contribution in [2.45, 2.75) is 26.8 Å². The molecule has 0 aliphatic rings. The fourth-order valence-electron chi connectivity index (χ4n) is 2.95. The van der Waals surface area contributed by atoms with Crippen LogP contribution >= 0.6 is 0 Å². The molecule has 28 heavy (non-hydrogen) atoms. The first-order chi connectivity index (χ1) is 13.8. The molecule has 1 heterocycles. The Labute approximate surface area is 166 Å². The molecule has 0 bridgehead atoms. The zero-order valence-corrected chi connectivity index (χ0v) is 16.6. The second-order valence-corrected chi connectivity index (χ2v) is 6.51. The Morgan fingerprint density at radius 3 is 2.46 bits per heavy atom. The SMILES string of the molecule is CCN(CC)CCCNCc1ccc(Oc2nnnn2-c2ccccc2)cc1. The third-order valence-electron chi connectivity index (χ3n) is 4.63. The van der Waals surface area contributed by atoms with Crippen LogP contribution in [0.4, 0.5) is 0 Å². The Morgan fingerprint density at radius 2 is 1.75 bits per heavy atom. The summed E-state index contributed by atoms with van der Waals surface area (Å²) in [6, 6.07) is 18.0. The van der Waals surface area contributed by atoms with Crippen molar-refractivity contribution in [1.82, 2.24) is 30.4 Å². The van der Waals surface area contributed by atoms with Gasteiger partial charge in [0, 0.05) is 6.54 Å². The minimum Gasteiger partial charge on any atom is -0.423 e. The lowest BCUT2D eigenvalue weighted by Gasteiger charge is -2.17. The van der Waals surface area contributed by atoms with E-state index in [4.69, 9.17) is 4.74 Å². The van der Waals surface area contributed by atoms with Crippen LogP contribution in [0.25, 0.3) is 5.69 Å². The van der Waals surface area contributed by atoms with Gasteiger partial charge in [0.1, 0.15) is 5.75 Å². The van der Waals surface area contributed by atoms with Crippen molar-refractivity contribution in [3.05, 3.63) is 60.2 Å². The number of hydrogen-bond donors (Lipinski definition) is 1. The summed E-state index contributed by atoms with van der Waals surface area (Å²) in [5.74, 6) is 0.706. The Balaban J connectivity index is 1.49. The zero-order valence-electron chi connectivity index (χ0n) is 16.6. The minimum atomic E-state index is 0.341. The molecule has 0 aliphatic carbocycles. The lowest BCUT2D eigenvalue weighted by atomic mass is 10.2.